The number of halogens is 1. The molecule has 0 N–H and O–H groups in total. The molecule has 0 aliphatic rings. The van der Waals surface area contributed by atoms with E-state index in [0.717, 1.165) is 0 Å². The third-order valence-electron chi connectivity index (χ3n) is 1.87. The fraction of sp³-hybridized carbons (Fsp3) is 1.00. The molecule has 0 spiro atoms. The molecule has 0 saturated carbocycles. The van der Waals surface area contributed by atoms with Crippen LogP contribution in [0.3, 0.4) is 0 Å². The Kier molecular flexibility index (Phi) is 7.27. The molecule has 0 bridgehead atoms. The van der Waals surface area contributed by atoms with Crippen molar-refractivity contribution in [2.75, 3.05) is 0 Å². The van der Waals surface area contributed by atoms with Crippen molar-refractivity contribution in [2.45, 2.75) is 53.1 Å². The molecule has 0 amide bonds. The van der Waals surface area contributed by atoms with Crippen LogP contribution < -0.4 is 0 Å². The second kappa shape index (κ2) is 6.61. The van der Waals surface area contributed by atoms with Crippen molar-refractivity contribution in [3.8, 4) is 0 Å². The van der Waals surface area contributed by atoms with Gasteiger partial charge in [0.25, 0.3) is 0 Å². The van der Waals surface area contributed by atoms with E-state index in [1.165, 1.54) is 32.4 Å². The summed E-state index contributed by atoms with van der Waals surface area (Å²) in [6, 6.07) is 0. The number of hydrogen-bond acceptors (Lipinski definition) is 0. The van der Waals surface area contributed by atoms with Crippen LogP contribution in [0.4, 0.5) is 0 Å². The van der Waals surface area contributed by atoms with Gasteiger partial charge in [0, 0.05) is 0 Å². The Morgan fingerprint density at radius 3 is 1.27 bits per heavy atom. The Morgan fingerprint density at radius 2 is 1.09 bits per heavy atom. The van der Waals surface area contributed by atoms with Gasteiger partial charge in [-0.1, -0.05) is 0 Å². The summed E-state index contributed by atoms with van der Waals surface area (Å²) in [5, 5.41) is 0. The predicted octanol–water partition coefficient (Wildman–Crippen LogP) is 4.40. The second-order valence-corrected chi connectivity index (χ2v) is 17.7. The fourth-order valence-corrected chi connectivity index (χ4v) is 13.7. The first kappa shape index (κ1) is 12.1. The normalized spacial score (nSPS) is 12.0. The Bertz CT molecular complexity index is 76.5. The molecule has 0 aromatic carbocycles. The van der Waals surface area contributed by atoms with E-state index < -0.39 is 17.7 Å². The second-order valence-electron chi connectivity index (χ2n) is 3.20. The van der Waals surface area contributed by atoms with Crippen LogP contribution in [-0.2, 0) is 0 Å². The van der Waals surface area contributed by atoms with Crippen molar-refractivity contribution in [2.24, 2.45) is 0 Å². The molecule has 0 atom stereocenters. The predicted molar refractivity (Wildman–Crippen MR) is 56.9 cm³/mol. The van der Waals surface area contributed by atoms with Crippen molar-refractivity contribution in [3.63, 3.8) is 0 Å². The van der Waals surface area contributed by atoms with Crippen molar-refractivity contribution >= 4 is 26.5 Å². The zero-order valence-corrected chi connectivity index (χ0v) is 11.4. The molecule has 2 heteroatoms. The van der Waals surface area contributed by atoms with E-state index in [1.807, 2.05) is 0 Å². The van der Waals surface area contributed by atoms with E-state index in [-0.39, 0.29) is 0 Å². The standard InChI is InChI=1S/3C3H7.ClH.Sb/c3*1-3-2;;/h3*1,3H2,2H3;1H;/q;;;;+1/p-1. The minimum absolute atomic E-state index is 1.30. The van der Waals surface area contributed by atoms with Crippen LogP contribution in [0.1, 0.15) is 40.0 Å². The molecule has 0 rings (SSSR count). The van der Waals surface area contributed by atoms with Gasteiger partial charge in [-0.3, -0.25) is 0 Å². The average molecular weight is 286 g/mol. The first-order valence-electron chi connectivity index (χ1n) is 4.74. The molecule has 1 radical (unpaired) electrons. The van der Waals surface area contributed by atoms with Crippen LogP contribution in [0.25, 0.3) is 0 Å². The molecule has 0 aliphatic heterocycles. The molecular weight excluding hydrogens is 265 g/mol. The molecule has 0 saturated heterocycles. The Hall–Kier alpha value is 1.11. The minimum atomic E-state index is -1.89. The van der Waals surface area contributed by atoms with E-state index in [4.69, 9.17) is 8.83 Å². The van der Waals surface area contributed by atoms with Crippen molar-refractivity contribution < 1.29 is 0 Å². The number of hydrogen-bond donors (Lipinski definition) is 0. The summed E-state index contributed by atoms with van der Waals surface area (Å²) < 4.78 is 4.13. The summed E-state index contributed by atoms with van der Waals surface area (Å²) >= 11 is -1.89. The van der Waals surface area contributed by atoms with Gasteiger partial charge < -0.3 is 0 Å². The molecule has 69 valence electrons. The quantitative estimate of drug-likeness (QED) is 0.635. The molecule has 0 fully saturated rings. The van der Waals surface area contributed by atoms with Gasteiger partial charge in [0.15, 0.2) is 0 Å². The number of rotatable bonds is 6. The van der Waals surface area contributed by atoms with Gasteiger partial charge in [-0.15, -0.1) is 0 Å². The van der Waals surface area contributed by atoms with Gasteiger partial charge in [-0.2, -0.15) is 0 Å². The van der Waals surface area contributed by atoms with Crippen molar-refractivity contribution in [1.82, 2.24) is 0 Å². The van der Waals surface area contributed by atoms with Gasteiger partial charge in [0.05, 0.1) is 0 Å². The molecule has 0 nitrogen and oxygen atoms in total. The van der Waals surface area contributed by atoms with Crippen LogP contribution in [0, 0.1) is 0 Å². The third-order valence-corrected chi connectivity index (χ3v) is 16.0. The summed E-state index contributed by atoms with van der Waals surface area (Å²) in [6.07, 6.45) is 3.90. The Labute approximate surface area is 79.4 Å². The summed E-state index contributed by atoms with van der Waals surface area (Å²) in [5.41, 5.74) is 0. The van der Waals surface area contributed by atoms with Gasteiger partial charge in [-0.25, -0.2) is 0 Å². The maximum atomic E-state index is 6.64. The first-order chi connectivity index (χ1) is 5.18. The van der Waals surface area contributed by atoms with Crippen LogP contribution in [0.2, 0.25) is 13.1 Å². The van der Waals surface area contributed by atoms with Gasteiger partial charge in [0.1, 0.15) is 0 Å². The van der Waals surface area contributed by atoms with Crippen molar-refractivity contribution in [3.05, 3.63) is 0 Å². The van der Waals surface area contributed by atoms with Crippen LogP contribution >= 0.6 is 8.83 Å². The summed E-state index contributed by atoms with van der Waals surface area (Å²) in [7, 11) is 6.64. The van der Waals surface area contributed by atoms with Crippen LogP contribution in [0.15, 0.2) is 0 Å². The fourth-order valence-electron chi connectivity index (χ4n) is 1.54. The topological polar surface area (TPSA) is 0 Å². The summed E-state index contributed by atoms with van der Waals surface area (Å²) in [5.74, 6) is 0. The van der Waals surface area contributed by atoms with E-state index in [2.05, 4.69) is 20.8 Å². The molecule has 0 aliphatic carbocycles. The van der Waals surface area contributed by atoms with E-state index in [0.29, 0.717) is 0 Å². The monoisotopic (exact) mass is 285 g/mol. The van der Waals surface area contributed by atoms with Gasteiger partial charge >= 0.3 is 79.6 Å². The average Bonchev–Trinajstić information content (AvgIpc) is 1.88. The van der Waals surface area contributed by atoms with Crippen molar-refractivity contribution in [1.29, 1.82) is 0 Å². The van der Waals surface area contributed by atoms with E-state index in [1.54, 1.807) is 0 Å². The Morgan fingerprint density at radius 1 is 0.818 bits per heavy atom. The SMILES string of the molecule is CC[CH2][Sb]([Cl])([CH2]CC)[CH2]CC. The summed E-state index contributed by atoms with van der Waals surface area (Å²) in [6.45, 7) is 6.78. The zero-order chi connectivity index (χ0) is 8.74. The third kappa shape index (κ3) is 5.36. The van der Waals surface area contributed by atoms with Gasteiger partial charge in [0.2, 0.25) is 0 Å². The Balaban J connectivity index is 3.79. The molecular formula is C9H21ClSb. The van der Waals surface area contributed by atoms with Crippen LogP contribution in [-0.4, -0.2) is 17.7 Å². The maximum absolute atomic E-state index is 6.64. The molecule has 0 heterocycles. The van der Waals surface area contributed by atoms with Gasteiger partial charge in [-0.05, 0) is 0 Å². The molecule has 0 unspecified atom stereocenters. The van der Waals surface area contributed by atoms with Crippen LogP contribution in [0.5, 0.6) is 0 Å². The summed E-state index contributed by atoms with van der Waals surface area (Å²) in [4.78, 5) is 0. The van der Waals surface area contributed by atoms with E-state index in [9.17, 15) is 0 Å². The molecule has 0 aromatic rings. The molecule has 11 heavy (non-hydrogen) atoms. The zero-order valence-electron chi connectivity index (χ0n) is 8.07. The molecule has 0 aromatic heterocycles. The van der Waals surface area contributed by atoms with E-state index >= 15 is 0 Å². The first-order valence-corrected chi connectivity index (χ1v) is 13.4.